The van der Waals surface area contributed by atoms with Crippen molar-refractivity contribution in [3.63, 3.8) is 0 Å². The number of benzene rings is 2. The summed E-state index contributed by atoms with van der Waals surface area (Å²) in [6.07, 6.45) is 3.36. The first-order valence-electron chi connectivity index (χ1n) is 15.4. The fourth-order valence-electron chi connectivity index (χ4n) is 6.06. The van der Waals surface area contributed by atoms with Gasteiger partial charge in [-0.15, -0.1) is 0 Å². The molecule has 3 aromatic rings. The maximum Gasteiger partial charge on any atom is 0.255 e. The molecule has 232 valence electrons. The number of hydrogen-bond donors (Lipinski definition) is 2. The Hall–Kier alpha value is -3.73. The van der Waals surface area contributed by atoms with E-state index in [1.807, 2.05) is 37.3 Å². The highest BCUT2D eigenvalue weighted by Crippen LogP contribution is 2.33. The van der Waals surface area contributed by atoms with Gasteiger partial charge in [0, 0.05) is 68.8 Å². The second-order valence-corrected chi connectivity index (χ2v) is 12.4. The first-order chi connectivity index (χ1) is 21.3. The number of carbonyl (C=O) groups is 2. The smallest absolute Gasteiger partial charge is 0.255 e. The van der Waals surface area contributed by atoms with Gasteiger partial charge in [-0.05, 0) is 63.1 Å². The lowest BCUT2D eigenvalue weighted by Crippen LogP contribution is -2.46. The van der Waals surface area contributed by atoms with Gasteiger partial charge in [-0.3, -0.25) is 9.59 Å². The normalized spacial score (nSPS) is 19.0. The highest BCUT2D eigenvalue weighted by molar-refractivity contribution is 6.33. The average Bonchev–Trinajstić information content (AvgIpc) is 3.37. The van der Waals surface area contributed by atoms with E-state index in [2.05, 4.69) is 49.6 Å². The van der Waals surface area contributed by atoms with Gasteiger partial charge in [-0.1, -0.05) is 35.9 Å². The molecule has 0 saturated carbocycles. The first-order valence-corrected chi connectivity index (χ1v) is 15.8. The summed E-state index contributed by atoms with van der Waals surface area (Å²) in [6.45, 7) is 9.57. The number of ether oxygens (including phenoxy) is 1. The zero-order chi connectivity index (χ0) is 30.8. The van der Waals surface area contributed by atoms with Crippen LogP contribution in [-0.4, -0.2) is 90.1 Å². The number of nitrogens with zero attached hydrogens (tertiary/aromatic N) is 5. The predicted octanol–water partition coefficient (Wildman–Crippen LogP) is 4.36. The summed E-state index contributed by atoms with van der Waals surface area (Å²) in [7, 11) is 2.14. The Kier molecular flexibility index (Phi) is 9.02. The molecule has 2 N–H and O–H groups in total. The highest BCUT2D eigenvalue weighted by atomic mass is 35.5. The third-order valence-corrected chi connectivity index (χ3v) is 9.23. The topological polar surface area (TPSA) is 103 Å². The van der Waals surface area contributed by atoms with E-state index in [1.165, 1.54) is 5.69 Å². The van der Waals surface area contributed by atoms with Gasteiger partial charge >= 0.3 is 0 Å². The predicted molar refractivity (Wildman–Crippen MR) is 172 cm³/mol. The number of likely N-dealkylation sites (N-methyl/N-ethyl adjacent to an activating group) is 1. The molecule has 0 aliphatic carbocycles. The molecule has 44 heavy (non-hydrogen) atoms. The second kappa shape index (κ2) is 13.1. The fraction of sp³-hybridized carbons (Fsp3) is 0.455. The third kappa shape index (κ3) is 6.52. The Morgan fingerprint density at radius 1 is 1.07 bits per heavy atom. The summed E-state index contributed by atoms with van der Waals surface area (Å²) in [4.78, 5) is 42.4. The van der Waals surface area contributed by atoms with E-state index in [4.69, 9.17) is 16.3 Å². The van der Waals surface area contributed by atoms with Crippen molar-refractivity contribution in [2.24, 2.45) is 0 Å². The van der Waals surface area contributed by atoms with E-state index in [0.29, 0.717) is 42.0 Å². The number of halogens is 1. The van der Waals surface area contributed by atoms with Crippen molar-refractivity contribution in [1.29, 1.82) is 0 Å². The van der Waals surface area contributed by atoms with Crippen LogP contribution in [0.3, 0.4) is 0 Å². The summed E-state index contributed by atoms with van der Waals surface area (Å²) in [5, 5.41) is 6.92. The standard InChI is InChI=1S/C33H40ClN7O3/c1-21(23-5-4-6-27(17-23)40-13-11-39(3)12-14-40)36-31(42)22(2)41-20-25-8-7-24(18-28(25)32(41)43)30-29(34)19-35-33(38-30)37-26-9-15-44-16-10-26/h4-8,17-19,21-22,26H,9-16,20H2,1-3H3,(H,36,42)(H,35,37,38). The number of anilines is 2. The van der Waals surface area contributed by atoms with Crippen molar-refractivity contribution < 1.29 is 14.3 Å². The molecule has 2 amide bonds. The molecule has 2 atom stereocenters. The van der Waals surface area contributed by atoms with Crippen LogP contribution in [0.15, 0.2) is 48.7 Å². The lowest BCUT2D eigenvalue weighted by Gasteiger charge is -2.34. The molecule has 3 aliphatic heterocycles. The number of hydrogen-bond acceptors (Lipinski definition) is 8. The molecule has 2 saturated heterocycles. The van der Waals surface area contributed by atoms with Crippen LogP contribution in [0.5, 0.6) is 0 Å². The van der Waals surface area contributed by atoms with Crippen LogP contribution in [0.1, 0.15) is 54.2 Å². The summed E-state index contributed by atoms with van der Waals surface area (Å²) in [6, 6.07) is 13.4. The van der Waals surface area contributed by atoms with E-state index in [9.17, 15) is 9.59 Å². The molecule has 0 radical (unpaired) electrons. The minimum absolute atomic E-state index is 0.181. The van der Waals surface area contributed by atoms with Crippen molar-refractivity contribution in [3.8, 4) is 11.3 Å². The maximum atomic E-state index is 13.6. The second-order valence-electron chi connectivity index (χ2n) is 12.0. The number of aromatic nitrogens is 2. The Balaban J connectivity index is 1.12. The molecule has 2 aromatic carbocycles. The molecule has 4 heterocycles. The van der Waals surface area contributed by atoms with Crippen LogP contribution in [0.4, 0.5) is 11.6 Å². The van der Waals surface area contributed by atoms with Crippen molar-refractivity contribution in [2.45, 2.75) is 51.4 Å². The molecule has 11 heteroatoms. The van der Waals surface area contributed by atoms with Crippen LogP contribution in [0.25, 0.3) is 11.3 Å². The van der Waals surface area contributed by atoms with Gasteiger partial charge in [0.25, 0.3) is 5.91 Å². The number of piperazine rings is 1. The van der Waals surface area contributed by atoms with Crippen LogP contribution in [0.2, 0.25) is 5.02 Å². The molecule has 3 aliphatic rings. The van der Waals surface area contributed by atoms with Gasteiger partial charge in [-0.2, -0.15) is 0 Å². The van der Waals surface area contributed by atoms with Crippen molar-refractivity contribution >= 4 is 35.1 Å². The SMILES string of the molecule is CC(NC(=O)C(C)N1Cc2ccc(-c3nc(NC4CCOCC4)ncc3Cl)cc2C1=O)c1cccc(N2CCN(C)CC2)c1. The summed E-state index contributed by atoms with van der Waals surface area (Å²) < 4.78 is 5.44. The van der Waals surface area contributed by atoms with Crippen molar-refractivity contribution in [1.82, 2.24) is 25.1 Å². The molecular weight excluding hydrogens is 578 g/mol. The number of amides is 2. The third-order valence-electron chi connectivity index (χ3n) is 8.96. The lowest BCUT2D eigenvalue weighted by molar-refractivity contribution is -0.125. The van der Waals surface area contributed by atoms with Crippen molar-refractivity contribution in [3.05, 3.63) is 70.4 Å². The number of carbonyl (C=O) groups excluding carboxylic acids is 2. The Bertz CT molecular complexity index is 1520. The molecule has 2 unspecified atom stereocenters. The largest absolute Gasteiger partial charge is 0.381 e. The molecule has 2 fully saturated rings. The van der Waals surface area contributed by atoms with Gasteiger partial charge in [-0.25, -0.2) is 9.97 Å². The quantitative estimate of drug-likeness (QED) is 0.384. The van der Waals surface area contributed by atoms with Gasteiger partial charge in [0.2, 0.25) is 11.9 Å². The van der Waals surface area contributed by atoms with Crippen molar-refractivity contribution in [2.75, 3.05) is 56.7 Å². The molecular formula is C33H40ClN7O3. The lowest BCUT2D eigenvalue weighted by atomic mass is 10.0. The minimum Gasteiger partial charge on any atom is -0.381 e. The highest BCUT2D eigenvalue weighted by Gasteiger charge is 2.35. The van der Waals surface area contributed by atoms with Crippen LogP contribution >= 0.6 is 11.6 Å². The van der Waals surface area contributed by atoms with Gasteiger partial charge < -0.3 is 30.1 Å². The first kappa shape index (κ1) is 30.3. The molecule has 1 aromatic heterocycles. The van der Waals surface area contributed by atoms with E-state index < -0.39 is 6.04 Å². The monoisotopic (exact) mass is 617 g/mol. The van der Waals surface area contributed by atoms with Crippen LogP contribution in [-0.2, 0) is 16.1 Å². The fourth-order valence-corrected chi connectivity index (χ4v) is 6.26. The summed E-state index contributed by atoms with van der Waals surface area (Å²) >= 11 is 6.51. The van der Waals surface area contributed by atoms with E-state index >= 15 is 0 Å². The van der Waals surface area contributed by atoms with Gasteiger partial charge in [0.15, 0.2) is 0 Å². The van der Waals surface area contributed by atoms with Gasteiger partial charge in [0.1, 0.15) is 6.04 Å². The molecule has 0 spiro atoms. The number of nitrogens with one attached hydrogen (secondary N) is 2. The summed E-state index contributed by atoms with van der Waals surface area (Å²) in [5.41, 5.74) is 4.92. The van der Waals surface area contributed by atoms with E-state index in [0.717, 1.165) is 55.7 Å². The van der Waals surface area contributed by atoms with E-state index in [-0.39, 0.29) is 23.9 Å². The molecule has 10 nitrogen and oxygen atoms in total. The number of fused-ring (bicyclic) bond motifs is 1. The summed E-state index contributed by atoms with van der Waals surface area (Å²) in [5.74, 6) is 0.129. The molecule has 0 bridgehead atoms. The van der Waals surface area contributed by atoms with Gasteiger partial charge in [0.05, 0.1) is 23.0 Å². The maximum absolute atomic E-state index is 13.6. The number of rotatable bonds is 8. The Labute approximate surface area is 263 Å². The van der Waals surface area contributed by atoms with E-state index in [1.54, 1.807) is 18.0 Å². The van der Waals surface area contributed by atoms with Crippen LogP contribution < -0.4 is 15.5 Å². The Morgan fingerprint density at radius 2 is 1.84 bits per heavy atom. The zero-order valence-electron chi connectivity index (χ0n) is 25.6. The Morgan fingerprint density at radius 3 is 2.61 bits per heavy atom. The minimum atomic E-state index is -0.639. The molecule has 6 rings (SSSR count). The van der Waals surface area contributed by atoms with Crippen LogP contribution in [0, 0.1) is 0 Å². The average molecular weight is 618 g/mol. The zero-order valence-corrected chi connectivity index (χ0v) is 26.3.